The predicted octanol–water partition coefficient (Wildman–Crippen LogP) is 0.209. The largest absolute Gasteiger partial charge is 0.480 e. The van der Waals surface area contributed by atoms with E-state index in [0.717, 1.165) is 12.3 Å². The summed E-state index contributed by atoms with van der Waals surface area (Å²) >= 11 is 5.54. The van der Waals surface area contributed by atoms with E-state index in [4.69, 9.17) is 21.8 Å². The summed E-state index contributed by atoms with van der Waals surface area (Å²) in [6, 6.07) is -0.309. The standard InChI is InChI=1S/C10H10ClN3O6/c11-8-7(14(19)20)5(1-3-12-8)9(16)13-6(2-4-15)10(17)18/h1,3,6,15H,2,4H2,(H,13,16)(H,17,18)/t6-/m0/s1. The van der Waals surface area contributed by atoms with E-state index in [-0.39, 0.29) is 6.42 Å². The summed E-state index contributed by atoms with van der Waals surface area (Å²) in [7, 11) is 0. The van der Waals surface area contributed by atoms with Gasteiger partial charge in [0.05, 0.1) is 4.92 Å². The number of carbonyl (C=O) groups is 2. The van der Waals surface area contributed by atoms with Crippen molar-refractivity contribution in [1.29, 1.82) is 0 Å². The summed E-state index contributed by atoms with van der Waals surface area (Å²) in [5.74, 6) is -2.35. The van der Waals surface area contributed by atoms with Crippen LogP contribution in [-0.2, 0) is 4.79 Å². The molecule has 0 aliphatic heterocycles. The maximum Gasteiger partial charge on any atom is 0.326 e. The molecule has 1 atom stereocenters. The second-order valence-corrected chi connectivity index (χ2v) is 3.99. The smallest absolute Gasteiger partial charge is 0.326 e. The zero-order valence-electron chi connectivity index (χ0n) is 9.95. The minimum Gasteiger partial charge on any atom is -0.480 e. The van der Waals surface area contributed by atoms with E-state index in [0.29, 0.717) is 0 Å². The predicted molar refractivity (Wildman–Crippen MR) is 66.5 cm³/mol. The minimum absolute atomic E-state index is 0.228. The van der Waals surface area contributed by atoms with Crippen LogP contribution in [-0.4, -0.2) is 44.6 Å². The SMILES string of the molecule is O=C(N[C@@H](CCO)C(=O)O)c1ccnc(Cl)c1[N+](=O)[O-]. The zero-order chi connectivity index (χ0) is 15.3. The number of halogens is 1. The zero-order valence-corrected chi connectivity index (χ0v) is 10.7. The summed E-state index contributed by atoms with van der Waals surface area (Å²) < 4.78 is 0. The lowest BCUT2D eigenvalue weighted by Crippen LogP contribution is -2.41. The van der Waals surface area contributed by atoms with Crippen LogP contribution in [0, 0.1) is 10.1 Å². The number of amides is 1. The van der Waals surface area contributed by atoms with Crippen LogP contribution in [0.3, 0.4) is 0 Å². The molecule has 0 unspecified atom stereocenters. The first kappa shape index (κ1) is 15.8. The molecule has 0 aromatic carbocycles. The van der Waals surface area contributed by atoms with Gasteiger partial charge in [-0.3, -0.25) is 14.9 Å². The summed E-state index contributed by atoms with van der Waals surface area (Å²) in [5, 5.41) is 30.0. The summed E-state index contributed by atoms with van der Waals surface area (Å²) in [6.07, 6.45) is 0.861. The Kier molecular flexibility index (Phi) is 5.35. The molecule has 1 amide bonds. The van der Waals surface area contributed by atoms with Crippen molar-refractivity contribution in [1.82, 2.24) is 10.3 Å². The maximum absolute atomic E-state index is 11.9. The van der Waals surface area contributed by atoms with Gasteiger partial charge in [0, 0.05) is 19.2 Å². The monoisotopic (exact) mass is 303 g/mol. The molecular weight excluding hydrogens is 294 g/mol. The molecule has 1 aromatic heterocycles. The third kappa shape index (κ3) is 3.62. The number of hydrogen-bond acceptors (Lipinski definition) is 6. The van der Waals surface area contributed by atoms with E-state index in [9.17, 15) is 19.7 Å². The van der Waals surface area contributed by atoms with Gasteiger partial charge in [0.1, 0.15) is 11.6 Å². The molecule has 20 heavy (non-hydrogen) atoms. The van der Waals surface area contributed by atoms with Crippen molar-refractivity contribution in [2.75, 3.05) is 6.61 Å². The van der Waals surface area contributed by atoms with Crippen LogP contribution in [0.2, 0.25) is 5.15 Å². The van der Waals surface area contributed by atoms with Gasteiger partial charge < -0.3 is 15.5 Å². The molecule has 0 bridgehead atoms. The molecule has 0 saturated heterocycles. The Morgan fingerprint density at radius 3 is 2.70 bits per heavy atom. The summed E-state index contributed by atoms with van der Waals surface area (Å²) in [6.45, 7) is -0.462. The van der Waals surface area contributed by atoms with E-state index in [1.54, 1.807) is 0 Å². The molecule has 0 saturated carbocycles. The van der Waals surface area contributed by atoms with E-state index in [1.165, 1.54) is 0 Å². The minimum atomic E-state index is -1.37. The first-order valence-corrected chi connectivity index (χ1v) is 5.69. The highest BCUT2D eigenvalue weighted by Crippen LogP contribution is 2.25. The van der Waals surface area contributed by atoms with Crippen molar-refractivity contribution in [3.05, 3.63) is 33.1 Å². The third-order valence-corrected chi connectivity index (χ3v) is 2.60. The highest BCUT2D eigenvalue weighted by atomic mass is 35.5. The number of aliphatic hydroxyl groups is 1. The van der Waals surface area contributed by atoms with E-state index in [1.807, 2.05) is 0 Å². The van der Waals surface area contributed by atoms with Crippen molar-refractivity contribution >= 4 is 29.2 Å². The Hall–Kier alpha value is -2.26. The van der Waals surface area contributed by atoms with Crippen molar-refractivity contribution in [2.24, 2.45) is 0 Å². The van der Waals surface area contributed by atoms with Crippen molar-refractivity contribution in [3.63, 3.8) is 0 Å². The topological polar surface area (TPSA) is 143 Å². The Bertz CT molecular complexity index is 550. The molecule has 1 heterocycles. The summed E-state index contributed by atoms with van der Waals surface area (Å²) in [4.78, 5) is 36.1. The average Bonchev–Trinajstić information content (AvgIpc) is 2.37. The molecule has 0 radical (unpaired) electrons. The molecule has 0 aliphatic rings. The Morgan fingerprint density at radius 1 is 1.55 bits per heavy atom. The highest BCUT2D eigenvalue weighted by Gasteiger charge is 2.27. The number of aromatic nitrogens is 1. The van der Waals surface area contributed by atoms with Gasteiger partial charge in [-0.25, -0.2) is 9.78 Å². The number of carboxylic acid groups (broad SMARTS) is 1. The van der Waals surface area contributed by atoms with Gasteiger partial charge >= 0.3 is 11.7 Å². The molecular formula is C10H10ClN3O6. The summed E-state index contributed by atoms with van der Waals surface area (Å²) in [5.41, 5.74) is -1.11. The second kappa shape index (κ2) is 6.78. The fraction of sp³-hybridized carbons (Fsp3) is 0.300. The van der Waals surface area contributed by atoms with Gasteiger partial charge in [0.2, 0.25) is 5.15 Å². The highest BCUT2D eigenvalue weighted by molar-refractivity contribution is 6.32. The number of nitro groups is 1. The van der Waals surface area contributed by atoms with Gasteiger partial charge in [0.15, 0.2) is 0 Å². The van der Waals surface area contributed by atoms with Gasteiger partial charge in [-0.1, -0.05) is 11.6 Å². The number of nitrogens with zero attached hydrogens (tertiary/aromatic N) is 2. The Morgan fingerprint density at radius 2 is 2.20 bits per heavy atom. The molecule has 10 heteroatoms. The van der Waals surface area contributed by atoms with Crippen LogP contribution in [0.4, 0.5) is 5.69 Å². The maximum atomic E-state index is 11.9. The van der Waals surface area contributed by atoms with Crippen LogP contribution >= 0.6 is 11.6 Å². The van der Waals surface area contributed by atoms with Crippen LogP contribution in [0.25, 0.3) is 0 Å². The lowest BCUT2D eigenvalue weighted by Gasteiger charge is -2.13. The average molecular weight is 304 g/mol. The Balaban J connectivity index is 3.06. The van der Waals surface area contributed by atoms with Crippen molar-refractivity contribution < 1.29 is 24.7 Å². The second-order valence-electron chi connectivity index (χ2n) is 3.63. The van der Waals surface area contributed by atoms with Crippen LogP contribution in [0.15, 0.2) is 12.3 Å². The number of aliphatic hydroxyl groups excluding tert-OH is 1. The van der Waals surface area contributed by atoms with Gasteiger partial charge in [-0.2, -0.15) is 0 Å². The van der Waals surface area contributed by atoms with Crippen molar-refractivity contribution in [2.45, 2.75) is 12.5 Å². The van der Waals surface area contributed by atoms with Crippen LogP contribution in [0.1, 0.15) is 16.8 Å². The molecule has 108 valence electrons. The normalized spacial score (nSPS) is 11.7. The van der Waals surface area contributed by atoms with Crippen molar-refractivity contribution in [3.8, 4) is 0 Å². The molecule has 0 spiro atoms. The molecule has 3 N–H and O–H groups in total. The number of pyridine rings is 1. The first-order valence-electron chi connectivity index (χ1n) is 5.32. The van der Waals surface area contributed by atoms with E-state index < -0.39 is 45.9 Å². The lowest BCUT2D eigenvalue weighted by atomic mass is 10.1. The molecule has 9 nitrogen and oxygen atoms in total. The lowest BCUT2D eigenvalue weighted by molar-refractivity contribution is -0.385. The first-order chi connectivity index (χ1) is 9.38. The molecule has 1 rings (SSSR count). The Labute approximate surface area is 117 Å². The van der Waals surface area contributed by atoms with E-state index >= 15 is 0 Å². The fourth-order valence-electron chi connectivity index (χ4n) is 1.41. The fourth-order valence-corrected chi connectivity index (χ4v) is 1.63. The van der Waals surface area contributed by atoms with Crippen LogP contribution in [0.5, 0.6) is 0 Å². The van der Waals surface area contributed by atoms with Gasteiger partial charge in [-0.15, -0.1) is 0 Å². The number of nitrogens with one attached hydrogen (secondary N) is 1. The number of carboxylic acids is 1. The number of aliphatic carboxylic acids is 1. The van der Waals surface area contributed by atoms with Gasteiger partial charge in [-0.05, 0) is 6.07 Å². The van der Waals surface area contributed by atoms with Crippen LogP contribution < -0.4 is 5.32 Å². The van der Waals surface area contributed by atoms with Gasteiger partial charge in [0.25, 0.3) is 5.91 Å². The number of rotatable bonds is 6. The number of carbonyl (C=O) groups excluding carboxylic acids is 1. The van der Waals surface area contributed by atoms with E-state index in [2.05, 4.69) is 10.3 Å². The number of hydrogen-bond donors (Lipinski definition) is 3. The molecule has 1 aromatic rings. The third-order valence-electron chi connectivity index (χ3n) is 2.33. The molecule has 0 fully saturated rings. The quantitative estimate of drug-likeness (QED) is 0.387. The molecule has 0 aliphatic carbocycles.